The van der Waals surface area contributed by atoms with Crippen LogP contribution in [0.5, 0.6) is 0 Å². The molecule has 126 valence electrons. The van der Waals surface area contributed by atoms with E-state index in [1.54, 1.807) is 6.33 Å². The smallest absolute Gasteiger partial charge is 0.117 e. The van der Waals surface area contributed by atoms with Crippen LogP contribution in [-0.2, 0) is 7.05 Å². The molecule has 0 unspecified atom stereocenters. The van der Waals surface area contributed by atoms with Crippen LogP contribution < -0.4 is 5.32 Å². The number of nitrogens with one attached hydrogen (secondary N) is 1. The molecule has 0 spiro atoms. The lowest BCUT2D eigenvalue weighted by Crippen LogP contribution is -2.07. The zero-order chi connectivity index (χ0) is 17.6. The number of halogens is 1. The molecule has 0 aliphatic rings. The van der Waals surface area contributed by atoms with Crippen LogP contribution in [-0.4, -0.2) is 19.5 Å². The maximum Gasteiger partial charge on any atom is 0.117 e. The normalized spacial score (nSPS) is 11.6. The maximum atomic E-state index is 6.13. The van der Waals surface area contributed by atoms with Gasteiger partial charge in [-0.25, -0.2) is 15.0 Å². The molecule has 0 saturated carbocycles. The Hall–Kier alpha value is -2.66. The van der Waals surface area contributed by atoms with Crippen LogP contribution in [0, 0.1) is 0 Å². The average Bonchev–Trinajstić information content (AvgIpc) is 3.02. The molecule has 0 bridgehead atoms. The highest BCUT2D eigenvalue weighted by Gasteiger charge is 2.15. The van der Waals surface area contributed by atoms with Crippen LogP contribution >= 0.6 is 11.6 Å². The van der Waals surface area contributed by atoms with Gasteiger partial charge in [0.2, 0.25) is 0 Å². The van der Waals surface area contributed by atoms with E-state index in [0.29, 0.717) is 10.9 Å². The first-order valence-corrected chi connectivity index (χ1v) is 8.54. The van der Waals surface area contributed by atoms with Gasteiger partial charge in [0, 0.05) is 35.3 Å². The molecule has 4 rings (SSSR count). The Morgan fingerprint density at radius 2 is 1.96 bits per heavy atom. The zero-order valence-electron chi connectivity index (χ0n) is 14.3. The Balaban J connectivity index is 2.00. The number of imidazole rings is 1. The van der Waals surface area contributed by atoms with Gasteiger partial charge < -0.3 is 9.88 Å². The lowest BCUT2D eigenvalue weighted by molar-refractivity contribution is 0.691. The second kappa shape index (κ2) is 6.01. The predicted molar refractivity (Wildman–Crippen MR) is 103 cm³/mol. The standard InChI is InChI=1S/C19H18ClN5/c1-11(2)19-24-16-12(9-25(19)3)7-15-17(22-10-21-15)18(16)23-14-6-4-5-13(20)8-14/h4-11,23H,1-3H3. The van der Waals surface area contributed by atoms with Gasteiger partial charge in [0.1, 0.15) is 17.7 Å². The van der Waals surface area contributed by atoms with E-state index in [0.717, 1.165) is 39.1 Å². The molecule has 1 N–H and O–H groups in total. The molecular formula is C19H18ClN5. The summed E-state index contributed by atoms with van der Waals surface area (Å²) in [5, 5.41) is 5.14. The molecule has 4 aromatic rings. The van der Waals surface area contributed by atoms with Crippen LogP contribution in [0.1, 0.15) is 25.6 Å². The summed E-state index contributed by atoms with van der Waals surface area (Å²) in [5.74, 6) is 1.33. The molecule has 25 heavy (non-hydrogen) atoms. The van der Waals surface area contributed by atoms with E-state index in [4.69, 9.17) is 16.6 Å². The van der Waals surface area contributed by atoms with Crippen LogP contribution in [0.3, 0.4) is 0 Å². The summed E-state index contributed by atoms with van der Waals surface area (Å²) in [5.41, 5.74) is 4.29. The minimum atomic E-state index is 0.315. The van der Waals surface area contributed by atoms with Gasteiger partial charge in [-0.15, -0.1) is 0 Å². The largest absolute Gasteiger partial charge is 0.352 e. The molecule has 5 nitrogen and oxygen atoms in total. The molecule has 2 aromatic heterocycles. The van der Waals surface area contributed by atoms with Crippen molar-refractivity contribution < 1.29 is 0 Å². The lowest BCUT2D eigenvalue weighted by atomic mass is 10.1. The van der Waals surface area contributed by atoms with E-state index in [1.165, 1.54) is 0 Å². The van der Waals surface area contributed by atoms with Crippen molar-refractivity contribution in [1.29, 1.82) is 0 Å². The average molecular weight is 352 g/mol. The van der Waals surface area contributed by atoms with Gasteiger partial charge in [-0.05, 0) is 24.3 Å². The van der Waals surface area contributed by atoms with Crippen molar-refractivity contribution in [2.24, 2.45) is 7.05 Å². The first-order chi connectivity index (χ1) is 12.0. The molecule has 6 heteroatoms. The van der Waals surface area contributed by atoms with Crippen LogP contribution in [0.4, 0.5) is 11.4 Å². The molecule has 2 heterocycles. The Morgan fingerprint density at radius 3 is 2.72 bits per heavy atom. The number of rotatable bonds is 3. The fourth-order valence-electron chi connectivity index (χ4n) is 3.10. The molecule has 2 aromatic carbocycles. The molecule has 0 amide bonds. The van der Waals surface area contributed by atoms with Gasteiger partial charge in [0.25, 0.3) is 0 Å². The molecule has 0 fully saturated rings. The summed E-state index contributed by atoms with van der Waals surface area (Å²) in [6, 6.07) is 9.64. The van der Waals surface area contributed by atoms with Gasteiger partial charge in [-0.3, -0.25) is 0 Å². The van der Waals surface area contributed by atoms with Gasteiger partial charge in [-0.2, -0.15) is 0 Å². The van der Waals surface area contributed by atoms with Gasteiger partial charge in [0.15, 0.2) is 0 Å². The minimum Gasteiger partial charge on any atom is -0.352 e. The number of hydrogen-bond acceptors (Lipinski definition) is 4. The number of fused-ring (bicyclic) bond motifs is 2. The van der Waals surface area contributed by atoms with Crippen molar-refractivity contribution in [3.05, 3.63) is 53.7 Å². The van der Waals surface area contributed by atoms with E-state index < -0.39 is 0 Å². The van der Waals surface area contributed by atoms with Crippen LogP contribution in [0.2, 0.25) is 5.02 Å². The van der Waals surface area contributed by atoms with E-state index in [-0.39, 0.29) is 0 Å². The van der Waals surface area contributed by atoms with Crippen molar-refractivity contribution in [3.8, 4) is 0 Å². The second-order valence-corrected chi connectivity index (χ2v) is 6.87. The highest BCUT2D eigenvalue weighted by atomic mass is 35.5. The second-order valence-electron chi connectivity index (χ2n) is 6.43. The van der Waals surface area contributed by atoms with Gasteiger partial charge >= 0.3 is 0 Å². The molecule has 0 saturated heterocycles. The van der Waals surface area contributed by atoms with Crippen molar-refractivity contribution in [1.82, 2.24) is 19.5 Å². The maximum absolute atomic E-state index is 6.13. The van der Waals surface area contributed by atoms with E-state index in [9.17, 15) is 0 Å². The summed E-state index contributed by atoms with van der Waals surface area (Å²) < 4.78 is 2.07. The van der Waals surface area contributed by atoms with Crippen LogP contribution in [0.25, 0.3) is 21.9 Å². The first kappa shape index (κ1) is 15.8. The molecule has 0 aliphatic carbocycles. The summed E-state index contributed by atoms with van der Waals surface area (Å²) in [6.07, 6.45) is 3.67. The summed E-state index contributed by atoms with van der Waals surface area (Å²) in [6.45, 7) is 4.28. The summed E-state index contributed by atoms with van der Waals surface area (Å²) >= 11 is 6.13. The molecule has 0 atom stereocenters. The first-order valence-electron chi connectivity index (χ1n) is 8.16. The fourth-order valence-corrected chi connectivity index (χ4v) is 3.29. The third kappa shape index (κ3) is 2.81. The lowest BCUT2D eigenvalue weighted by Gasteiger charge is -2.16. The van der Waals surface area contributed by atoms with Gasteiger partial charge in [-0.1, -0.05) is 31.5 Å². The SMILES string of the molecule is CC(C)c1nc2c(Nc3cccc(Cl)c3)c3ncnc3cc2cn1C. The molecule has 0 aliphatic heterocycles. The molecule has 0 radical (unpaired) electrons. The number of aromatic nitrogens is 4. The number of anilines is 2. The van der Waals surface area contributed by atoms with Crippen molar-refractivity contribution in [3.63, 3.8) is 0 Å². The Kier molecular flexibility index (Phi) is 3.81. The number of nitrogens with zero attached hydrogens (tertiary/aromatic N) is 4. The van der Waals surface area contributed by atoms with Crippen LogP contribution in [0.15, 0.2) is 42.9 Å². The topological polar surface area (TPSA) is 55.6 Å². The zero-order valence-corrected chi connectivity index (χ0v) is 15.0. The Bertz CT molecular complexity index is 1080. The number of aryl methyl sites for hydroxylation is 1. The quantitative estimate of drug-likeness (QED) is 0.562. The van der Waals surface area contributed by atoms with E-state index in [2.05, 4.69) is 39.9 Å². The van der Waals surface area contributed by atoms with E-state index in [1.807, 2.05) is 37.4 Å². The van der Waals surface area contributed by atoms with Gasteiger partial charge in [0.05, 0.1) is 16.7 Å². The highest BCUT2D eigenvalue weighted by molar-refractivity contribution is 6.30. The third-order valence-corrected chi connectivity index (χ3v) is 4.43. The predicted octanol–water partition coefficient (Wildman–Crippen LogP) is 5.04. The van der Waals surface area contributed by atoms with Crippen molar-refractivity contribution >= 4 is 44.9 Å². The summed E-state index contributed by atoms with van der Waals surface area (Å²) in [4.78, 5) is 13.7. The van der Waals surface area contributed by atoms with Crippen molar-refractivity contribution in [2.75, 3.05) is 5.32 Å². The number of benzene rings is 2. The third-order valence-electron chi connectivity index (χ3n) is 4.20. The monoisotopic (exact) mass is 351 g/mol. The fraction of sp³-hybridized carbons (Fsp3) is 0.211. The Morgan fingerprint density at radius 1 is 1.12 bits per heavy atom. The minimum absolute atomic E-state index is 0.315. The highest BCUT2D eigenvalue weighted by Crippen LogP contribution is 2.33. The summed E-state index contributed by atoms with van der Waals surface area (Å²) in [7, 11) is 2.02. The number of hydrogen-bond donors (Lipinski definition) is 1. The van der Waals surface area contributed by atoms with Crippen molar-refractivity contribution in [2.45, 2.75) is 19.8 Å². The van der Waals surface area contributed by atoms with E-state index >= 15 is 0 Å². The Labute approximate surface area is 150 Å². The molecular weight excluding hydrogens is 334 g/mol.